The molecular formula is C13H16F3N3O2. The zero-order valence-electron chi connectivity index (χ0n) is 11.2. The molecule has 0 spiro atoms. The number of hydrogen-bond acceptors (Lipinski definition) is 4. The number of amidine groups is 1. The summed E-state index contributed by atoms with van der Waals surface area (Å²) in [4.78, 5) is 0. The third-order valence-corrected chi connectivity index (χ3v) is 3.38. The molecule has 1 saturated carbocycles. The van der Waals surface area contributed by atoms with Gasteiger partial charge in [-0.05, 0) is 37.1 Å². The fourth-order valence-corrected chi connectivity index (χ4v) is 1.92. The Morgan fingerprint density at radius 2 is 1.95 bits per heavy atom. The Morgan fingerprint density at radius 1 is 1.33 bits per heavy atom. The van der Waals surface area contributed by atoms with Gasteiger partial charge in [-0.15, -0.1) is 0 Å². The molecule has 0 heterocycles. The molecule has 116 valence electrons. The minimum atomic E-state index is -4.21. The van der Waals surface area contributed by atoms with Crippen LogP contribution in [0.5, 0.6) is 5.75 Å². The number of hydrogen-bond donors (Lipinski definition) is 3. The van der Waals surface area contributed by atoms with Gasteiger partial charge in [-0.1, -0.05) is 5.16 Å². The van der Waals surface area contributed by atoms with Crippen LogP contribution in [0.15, 0.2) is 29.4 Å². The second kappa shape index (κ2) is 5.80. The van der Waals surface area contributed by atoms with E-state index in [0.717, 1.165) is 0 Å². The van der Waals surface area contributed by atoms with Crippen molar-refractivity contribution in [3.8, 4) is 5.75 Å². The quantitative estimate of drug-likeness (QED) is 0.246. The van der Waals surface area contributed by atoms with E-state index >= 15 is 0 Å². The molecule has 8 heteroatoms. The van der Waals surface area contributed by atoms with Crippen LogP contribution in [0.3, 0.4) is 0 Å². The molecule has 0 aliphatic heterocycles. The minimum Gasteiger partial charge on any atom is -0.492 e. The third kappa shape index (κ3) is 3.57. The number of halogens is 3. The van der Waals surface area contributed by atoms with Gasteiger partial charge >= 0.3 is 6.18 Å². The minimum absolute atomic E-state index is 0.0240. The van der Waals surface area contributed by atoms with Crippen LogP contribution >= 0.6 is 0 Å². The molecule has 0 radical (unpaired) electrons. The van der Waals surface area contributed by atoms with Gasteiger partial charge in [0.25, 0.3) is 0 Å². The van der Waals surface area contributed by atoms with Crippen molar-refractivity contribution >= 4 is 5.84 Å². The van der Waals surface area contributed by atoms with Gasteiger partial charge in [-0.3, -0.25) is 0 Å². The van der Waals surface area contributed by atoms with Gasteiger partial charge in [-0.25, -0.2) is 0 Å². The summed E-state index contributed by atoms with van der Waals surface area (Å²) < 4.78 is 43.3. The highest BCUT2D eigenvalue weighted by Crippen LogP contribution is 2.48. The van der Waals surface area contributed by atoms with Crippen LogP contribution in [0.25, 0.3) is 0 Å². The largest absolute Gasteiger partial charge is 0.492 e. The van der Waals surface area contributed by atoms with Crippen molar-refractivity contribution in [1.29, 1.82) is 0 Å². The first-order chi connectivity index (χ1) is 9.88. The van der Waals surface area contributed by atoms with Crippen molar-refractivity contribution in [2.24, 2.45) is 10.9 Å². The van der Waals surface area contributed by atoms with Crippen LogP contribution in [-0.2, 0) is 0 Å². The molecule has 2 rings (SSSR count). The Kier molecular flexibility index (Phi) is 4.26. The summed E-state index contributed by atoms with van der Waals surface area (Å²) in [6.45, 7) is 0.238. The van der Waals surface area contributed by atoms with Crippen LogP contribution in [0, 0.1) is 0 Å². The van der Waals surface area contributed by atoms with Gasteiger partial charge in [-0.2, -0.15) is 13.2 Å². The zero-order chi connectivity index (χ0) is 15.5. The summed E-state index contributed by atoms with van der Waals surface area (Å²) >= 11 is 0. The van der Waals surface area contributed by atoms with Crippen LogP contribution in [0.4, 0.5) is 13.2 Å². The second-order valence-corrected chi connectivity index (χ2v) is 4.86. The first kappa shape index (κ1) is 15.4. The van der Waals surface area contributed by atoms with E-state index in [-0.39, 0.29) is 31.8 Å². The monoisotopic (exact) mass is 303 g/mol. The van der Waals surface area contributed by atoms with E-state index in [9.17, 15) is 13.2 Å². The molecule has 1 aromatic carbocycles. The van der Waals surface area contributed by atoms with Crippen molar-refractivity contribution in [3.63, 3.8) is 0 Å². The van der Waals surface area contributed by atoms with Crippen LogP contribution in [0.2, 0.25) is 0 Å². The Hall–Kier alpha value is -1.96. The number of alkyl halides is 3. The van der Waals surface area contributed by atoms with Crippen molar-refractivity contribution < 1.29 is 23.1 Å². The molecule has 1 aliphatic rings. The molecule has 1 fully saturated rings. The molecule has 0 amide bonds. The van der Waals surface area contributed by atoms with E-state index in [4.69, 9.17) is 15.7 Å². The summed E-state index contributed by atoms with van der Waals surface area (Å²) in [6.07, 6.45) is -3.98. The topological polar surface area (TPSA) is 79.9 Å². The summed E-state index contributed by atoms with van der Waals surface area (Å²) in [5.74, 6) is 0.479. The molecule has 0 unspecified atom stereocenters. The van der Waals surface area contributed by atoms with Crippen LogP contribution in [-0.4, -0.2) is 35.9 Å². The summed E-state index contributed by atoms with van der Waals surface area (Å²) in [7, 11) is 0. The summed E-state index contributed by atoms with van der Waals surface area (Å²) in [5.41, 5.74) is 4.21. The smallest absolute Gasteiger partial charge is 0.406 e. The van der Waals surface area contributed by atoms with Crippen molar-refractivity contribution in [3.05, 3.63) is 29.8 Å². The van der Waals surface area contributed by atoms with E-state index in [1.807, 2.05) is 0 Å². The highest BCUT2D eigenvalue weighted by molar-refractivity contribution is 5.97. The molecule has 4 N–H and O–H groups in total. The fraction of sp³-hybridized carbons (Fsp3) is 0.462. The molecule has 1 aromatic rings. The highest BCUT2D eigenvalue weighted by Gasteiger charge is 2.62. The molecule has 0 aromatic heterocycles. The fourth-order valence-electron chi connectivity index (χ4n) is 1.92. The molecule has 21 heavy (non-hydrogen) atoms. The number of ether oxygens (including phenoxy) is 1. The van der Waals surface area contributed by atoms with Crippen LogP contribution < -0.4 is 15.8 Å². The maximum Gasteiger partial charge on any atom is 0.406 e. The van der Waals surface area contributed by atoms with Crippen molar-refractivity contribution in [1.82, 2.24) is 5.32 Å². The van der Waals surface area contributed by atoms with E-state index in [1.165, 1.54) is 0 Å². The molecule has 1 aliphatic carbocycles. The maximum absolute atomic E-state index is 12.7. The van der Waals surface area contributed by atoms with Gasteiger partial charge in [0.05, 0.1) is 0 Å². The normalized spacial score (nSPS) is 17.6. The van der Waals surface area contributed by atoms with Gasteiger partial charge < -0.3 is 21.0 Å². The SMILES string of the molecule is N/C(=N/O)c1ccc(OCCNC2(C(F)(F)F)CC2)cc1. The number of nitrogens with zero attached hydrogens (tertiary/aromatic N) is 1. The lowest BCUT2D eigenvalue weighted by molar-refractivity contribution is -0.165. The van der Waals surface area contributed by atoms with Crippen molar-refractivity contribution in [2.75, 3.05) is 13.2 Å². The number of rotatable bonds is 6. The van der Waals surface area contributed by atoms with Gasteiger partial charge in [0.1, 0.15) is 17.9 Å². The Bertz CT molecular complexity index is 510. The number of oxime groups is 1. The predicted octanol–water partition coefficient (Wildman–Crippen LogP) is 1.84. The lowest BCUT2D eigenvalue weighted by Crippen LogP contribution is -2.46. The number of nitrogens with one attached hydrogen (secondary N) is 1. The zero-order valence-corrected chi connectivity index (χ0v) is 11.2. The summed E-state index contributed by atoms with van der Waals surface area (Å²) in [6, 6.07) is 6.39. The Balaban J connectivity index is 1.77. The molecule has 5 nitrogen and oxygen atoms in total. The number of benzene rings is 1. The average molecular weight is 303 g/mol. The molecule has 0 saturated heterocycles. The first-order valence-corrected chi connectivity index (χ1v) is 6.40. The van der Waals surface area contributed by atoms with Crippen molar-refractivity contribution in [2.45, 2.75) is 24.6 Å². The Labute approximate surface area is 119 Å². The van der Waals surface area contributed by atoms with E-state index < -0.39 is 11.7 Å². The third-order valence-electron chi connectivity index (χ3n) is 3.38. The predicted molar refractivity (Wildman–Crippen MR) is 70.5 cm³/mol. The Morgan fingerprint density at radius 3 is 2.43 bits per heavy atom. The molecule has 0 atom stereocenters. The van der Waals surface area contributed by atoms with E-state index in [0.29, 0.717) is 11.3 Å². The molecule has 0 bridgehead atoms. The number of nitrogens with two attached hydrogens (primary N) is 1. The second-order valence-electron chi connectivity index (χ2n) is 4.86. The lowest BCUT2D eigenvalue weighted by Gasteiger charge is -2.20. The first-order valence-electron chi connectivity index (χ1n) is 6.40. The van der Waals surface area contributed by atoms with Crippen LogP contribution in [0.1, 0.15) is 18.4 Å². The van der Waals surface area contributed by atoms with Gasteiger partial charge in [0.15, 0.2) is 5.84 Å². The van der Waals surface area contributed by atoms with Gasteiger partial charge in [0, 0.05) is 12.1 Å². The molecular weight excluding hydrogens is 287 g/mol. The van der Waals surface area contributed by atoms with E-state index in [1.54, 1.807) is 24.3 Å². The highest BCUT2D eigenvalue weighted by atomic mass is 19.4. The van der Waals surface area contributed by atoms with Gasteiger partial charge in [0.2, 0.25) is 0 Å². The average Bonchev–Trinajstić information content (AvgIpc) is 3.24. The standard InChI is InChI=1S/C13H16F3N3O2/c14-13(15,16)12(5-6-12)18-7-8-21-10-3-1-9(2-4-10)11(17)19-20/h1-4,18,20H,5-8H2,(H2,17,19). The lowest BCUT2D eigenvalue weighted by atomic mass is 10.2. The maximum atomic E-state index is 12.7. The van der Waals surface area contributed by atoms with E-state index in [2.05, 4.69) is 10.5 Å². The summed E-state index contributed by atoms with van der Waals surface area (Å²) in [5, 5.41) is 13.9.